The highest BCUT2D eigenvalue weighted by Crippen LogP contribution is 2.26. The van der Waals surface area contributed by atoms with Gasteiger partial charge in [0.15, 0.2) is 17.4 Å². The molecule has 0 fully saturated rings. The van der Waals surface area contributed by atoms with E-state index in [0.29, 0.717) is 28.9 Å². The van der Waals surface area contributed by atoms with Gasteiger partial charge < -0.3 is 21.4 Å². The number of nitrogens with one attached hydrogen (secondary N) is 3. The van der Waals surface area contributed by atoms with Crippen LogP contribution in [0.3, 0.4) is 0 Å². The van der Waals surface area contributed by atoms with Crippen molar-refractivity contribution in [1.29, 1.82) is 0 Å². The third-order valence-electron chi connectivity index (χ3n) is 3.87. The van der Waals surface area contributed by atoms with Crippen LogP contribution in [-0.4, -0.2) is 25.5 Å². The maximum Gasteiger partial charge on any atom is 0.231 e. The Balaban J connectivity index is 1.75. The third-order valence-corrected chi connectivity index (χ3v) is 3.87. The van der Waals surface area contributed by atoms with Crippen molar-refractivity contribution in [2.24, 2.45) is 0 Å². The molecular weight excluding hydrogens is 326 g/mol. The molecule has 0 unspecified atom stereocenters. The number of hydrogen-bond acceptors (Lipinski definition) is 6. The van der Waals surface area contributed by atoms with Gasteiger partial charge in [0.05, 0.1) is 0 Å². The third kappa shape index (κ3) is 3.23. The molecule has 0 aliphatic rings. The lowest BCUT2D eigenvalue weighted by atomic mass is 10.1. The smallest absolute Gasteiger partial charge is 0.231 e. The Morgan fingerprint density at radius 1 is 0.962 bits per heavy atom. The highest BCUT2D eigenvalue weighted by Gasteiger charge is 2.17. The average Bonchev–Trinajstić information content (AvgIpc) is 2.94. The molecule has 7 nitrogen and oxygen atoms in total. The molecule has 0 atom stereocenters. The molecule has 0 saturated heterocycles. The van der Waals surface area contributed by atoms with Crippen molar-refractivity contribution in [3.8, 4) is 0 Å². The van der Waals surface area contributed by atoms with Gasteiger partial charge in [0.1, 0.15) is 5.52 Å². The first-order chi connectivity index (χ1) is 12.4. The van der Waals surface area contributed by atoms with E-state index in [9.17, 15) is 0 Å². The van der Waals surface area contributed by atoms with Gasteiger partial charge in [-0.2, -0.15) is 15.0 Å². The van der Waals surface area contributed by atoms with Gasteiger partial charge in [0.2, 0.25) is 5.95 Å². The SMILES string of the molecule is CC(C)(C)Nc1nc(Nc2ccc3ccccc3c2)nc2nc(N)[nH]c12. The van der Waals surface area contributed by atoms with Crippen LogP contribution in [0.4, 0.5) is 23.4 Å². The lowest BCUT2D eigenvalue weighted by Crippen LogP contribution is -2.27. The summed E-state index contributed by atoms with van der Waals surface area (Å²) in [6, 6.07) is 14.3. The highest BCUT2D eigenvalue weighted by atomic mass is 15.2. The number of nitrogen functional groups attached to an aromatic ring is 1. The number of H-pyrrole nitrogens is 1. The van der Waals surface area contributed by atoms with E-state index < -0.39 is 0 Å². The lowest BCUT2D eigenvalue weighted by molar-refractivity contribution is 0.631. The largest absolute Gasteiger partial charge is 0.369 e. The summed E-state index contributed by atoms with van der Waals surface area (Å²) in [4.78, 5) is 16.4. The first kappa shape index (κ1) is 16.1. The monoisotopic (exact) mass is 347 g/mol. The molecule has 0 aliphatic carbocycles. The van der Waals surface area contributed by atoms with Crippen molar-refractivity contribution >= 4 is 45.3 Å². The Morgan fingerprint density at radius 2 is 1.73 bits per heavy atom. The fourth-order valence-electron chi connectivity index (χ4n) is 2.81. The number of fused-ring (bicyclic) bond motifs is 2. The minimum absolute atomic E-state index is 0.165. The summed E-state index contributed by atoms with van der Waals surface area (Å²) >= 11 is 0. The Hall–Kier alpha value is -3.35. The minimum atomic E-state index is -0.165. The van der Waals surface area contributed by atoms with Crippen LogP contribution >= 0.6 is 0 Å². The van der Waals surface area contributed by atoms with Gasteiger partial charge in [-0.15, -0.1) is 0 Å². The van der Waals surface area contributed by atoms with E-state index in [4.69, 9.17) is 5.73 Å². The van der Waals surface area contributed by atoms with Gasteiger partial charge in [-0.1, -0.05) is 30.3 Å². The van der Waals surface area contributed by atoms with Gasteiger partial charge in [-0.05, 0) is 43.7 Å². The van der Waals surface area contributed by atoms with Crippen LogP contribution in [-0.2, 0) is 0 Å². The molecule has 26 heavy (non-hydrogen) atoms. The standard InChI is InChI=1S/C19H21N7/c1-19(2,3)26-16-14-15(23-17(20)22-14)24-18(25-16)21-13-9-8-11-6-4-5-7-12(11)10-13/h4-10H,1-3H3,(H5,20,21,22,23,24,25,26). The van der Waals surface area contributed by atoms with Gasteiger partial charge in [0.25, 0.3) is 0 Å². The van der Waals surface area contributed by atoms with Crippen LogP contribution < -0.4 is 16.4 Å². The molecule has 0 saturated carbocycles. The first-order valence-corrected chi connectivity index (χ1v) is 8.45. The fourth-order valence-corrected chi connectivity index (χ4v) is 2.81. The molecule has 0 amide bonds. The second-order valence-electron chi connectivity index (χ2n) is 7.28. The van der Waals surface area contributed by atoms with E-state index in [-0.39, 0.29) is 5.54 Å². The quantitative estimate of drug-likeness (QED) is 0.446. The fraction of sp³-hybridized carbons (Fsp3) is 0.211. The number of imidazole rings is 1. The Kier molecular flexibility index (Phi) is 3.64. The molecule has 0 bridgehead atoms. The van der Waals surface area contributed by atoms with Crippen LogP contribution in [0, 0.1) is 0 Å². The summed E-state index contributed by atoms with van der Waals surface area (Å²) in [6.45, 7) is 6.20. The zero-order valence-electron chi connectivity index (χ0n) is 15.0. The van der Waals surface area contributed by atoms with E-state index in [1.165, 1.54) is 5.39 Å². The molecule has 4 rings (SSSR count). The van der Waals surface area contributed by atoms with Gasteiger partial charge >= 0.3 is 0 Å². The summed E-state index contributed by atoms with van der Waals surface area (Å²) < 4.78 is 0. The van der Waals surface area contributed by atoms with Gasteiger partial charge in [-0.3, -0.25) is 0 Å². The lowest BCUT2D eigenvalue weighted by Gasteiger charge is -2.21. The summed E-state index contributed by atoms with van der Waals surface area (Å²) in [5.74, 6) is 1.44. The van der Waals surface area contributed by atoms with Crippen molar-refractivity contribution in [2.45, 2.75) is 26.3 Å². The molecule has 7 heteroatoms. The van der Waals surface area contributed by atoms with Crippen LogP contribution in [0.25, 0.3) is 21.9 Å². The molecule has 2 aromatic carbocycles. The number of aromatic nitrogens is 4. The second kappa shape index (κ2) is 5.87. The van der Waals surface area contributed by atoms with Gasteiger partial charge in [0, 0.05) is 11.2 Å². The van der Waals surface area contributed by atoms with E-state index in [0.717, 1.165) is 11.1 Å². The van der Waals surface area contributed by atoms with E-state index in [1.807, 2.05) is 18.2 Å². The Morgan fingerprint density at radius 3 is 2.50 bits per heavy atom. The molecule has 2 heterocycles. The van der Waals surface area contributed by atoms with Crippen LogP contribution in [0.15, 0.2) is 42.5 Å². The molecule has 2 aromatic heterocycles. The predicted molar refractivity (Wildman–Crippen MR) is 107 cm³/mol. The maximum absolute atomic E-state index is 5.81. The van der Waals surface area contributed by atoms with Crippen molar-refractivity contribution in [3.05, 3.63) is 42.5 Å². The number of hydrogen-bond donors (Lipinski definition) is 4. The van der Waals surface area contributed by atoms with Crippen molar-refractivity contribution in [3.63, 3.8) is 0 Å². The predicted octanol–water partition coefficient (Wildman–Crippen LogP) is 4.04. The summed E-state index contributed by atoms with van der Waals surface area (Å²) in [5.41, 5.74) is 7.77. The van der Waals surface area contributed by atoms with Crippen molar-refractivity contribution in [2.75, 3.05) is 16.4 Å². The molecule has 5 N–H and O–H groups in total. The van der Waals surface area contributed by atoms with Crippen LogP contribution in [0.2, 0.25) is 0 Å². The minimum Gasteiger partial charge on any atom is -0.369 e. The number of benzene rings is 2. The summed E-state index contributed by atoms with van der Waals surface area (Å²) in [5, 5.41) is 8.98. The number of aromatic amines is 1. The number of nitrogens with zero attached hydrogens (tertiary/aromatic N) is 3. The number of rotatable bonds is 3. The van der Waals surface area contributed by atoms with Crippen LogP contribution in [0.5, 0.6) is 0 Å². The summed E-state index contributed by atoms with van der Waals surface area (Å²) in [6.07, 6.45) is 0. The topological polar surface area (TPSA) is 105 Å². The molecule has 0 aliphatic heterocycles. The van der Waals surface area contributed by atoms with Crippen molar-refractivity contribution in [1.82, 2.24) is 19.9 Å². The number of anilines is 4. The zero-order valence-corrected chi connectivity index (χ0v) is 15.0. The van der Waals surface area contributed by atoms with Gasteiger partial charge in [-0.25, -0.2) is 0 Å². The van der Waals surface area contributed by atoms with E-state index >= 15 is 0 Å². The molecule has 0 radical (unpaired) electrons. The van der Waals surface area contributed by atoms with Crippen molar-refractivity contribution < 1.29 is 0 Å². The second-order valence-corrected chi connectivity index (χ2v) is 7.28. The van der Waals surface area contributed by atoms with E-state index in [1.54, 1.807) is 0 Å². The highest BCUT2D eigenvalue weighted by molar-refractivity contribution is 5.88. The maximum atomic E-state index is 5.81. The van der Waals surface area contributed by atoms with Crippen LogP contribution in [0.1, 0.15) is 20.8 Å². The zero-order chi connectivity index (χ0) is 18.3. The molecule has 4 aromatic rings. The summed E-state index contributed by atoms with van der Waals surface area (Å²) in [7, 11) is 0. The normalized spacial score (nSPS) is 11.8. The molecular formula is C19H21N7. The Bertz CT molecular complexity index is 1090. The van der Waals surface area contributed by atoms with E-state index in [2.05, 4.69) is 75.6 Å². The molecule has 0 spiro atoms. The Labute approximate surface area is 151 Å². The number of nitrogens with two attached hydrogens (primary N) is 1. The average molecular weight is 347 g/mol. The first-order valence-electron chi connectivity index (χ1n) is 8.45. The molecule has 132 valence electrons.